The first kappa shape index (κ1) is 19.4. The number of likely N-dealkylation sites (tertiary alicyclic amines) is 1. The van der Waals surface area contributed by atoms with Gasteiger partial charge in [-0.3, -0.25) is 14.3 Å². The largest absolute Gasteiger partial charge is 0.340 e. The molecule has 152 valence electrons. The third kappa shape index (κ3) is 3.37. The maximum atomic E-state index is 13.1. The van der Waals surface area contributed by atoms with Gasteiger partial charge in [-0.25, -0.2) is 0 Å². The van der Waals surface area contributed by atoms with Crippen LogP contribution in [0.25, 0.3) is 10.9 Å². The van der Waals surface area contributed by atoms with Gasteiger partial charge in [0.1, 0.15) is 0 Å². The lowest BCUT2D eigenvalue weighted by Gasteiger charge is -2.33. The van der Waals surface area contributed by atoms with Crippen molar-refractivity contribution in [1.29, 1.82) is 5.26 Å². The van der Waals surface area contributed by atoms with Crippen molar-refractivity contribution in [2.45, 2.75) is 32.7 Å². The Balaban J connectivity index is 1.48. The second kappa shape index (κ2) is 6.87. The first-order chi connectivity index (χ1) is 13.7. The van der Waals surface area contributed by atoms with Crippen LogP contribution in [0.4, 0.5) is 0 Å². The van der Waals surface area contributed by atoms with Crippen molar-refractivity contribution in [3.05, 3.63) is 30.0 Å². The zero-order valence-corrected chi connectivity index (χ0v) is 17.4. The summed E-state index contributed by atoms with van der Waals surface area (Å²) in [6, 6.07) is 10.0. The molecule has 2 heterocycles. The molecule has 1 aliphatic carbocycles. The Labute approximate surface area is 170 Å². The van der Waals surface area contributed by atoms with Crippen molar-refractivity contribution in [3.8, 4) is 6.07 Å². The number of likely N-dealkylation sites (N-methyl/N-ethyl adjacent to an activating group) is 1. The molecular formula is C22H27N5O2. The lowest BCUT2D eigenvalue weighted by molar-refractivity contribution is -0.134. The maximum absolute atomic E-state index is 13.1. The van der Waals surface area contributed by atoms with E-state index >= 15 is 0 Å². The van der Waals surface area contributed by atoms with Crippen molar-refractivity contribution >= 4 is 22.7 Å². The van der Waals surface area contributed by atoms with Gasteiger partial charge in [0.2, 0.25) is 11.8 Å². The highest BCUT2D eigenvalue weighted by Crippen LogP contribution is 2.42. The summed E-state index contributed by atoms with van der Waals surface area (Å²) in [7, 11) is 3.71. The predicted octanol–water partition coefficient (Wildman–Crippen LogP) is 1.97. The van der Waals surface area contributed by atoms with Crippen molar-refractivity contribution in [1.82, 2.24) is 19.6 Å². The van der Waals surface area contributed by atoms with E-state index < -0.39 is 0 Å². The van der Waals surface area contributed by atoms with Crippen LogP contribution in [0.2, 0.25) is 0 Å². The van der Waals surface area contributed by atoms with Crippen molar-refractivity contribution in [2.24, 2.45) is 24.3 Å². The molecule has 1 unspecified atom stereocenters. The number of aryl methyl sites for hydroxylation is 1. The van der Waals surface area contributed by atoms with Gasteiger partial charge in [0.05, 0.1) is 41.6 Å². The molecular weight excluding hydrogens is 366 g/mol. The summed E-state index contributed by atoms with van der Waals surface area (Å²) in [5, 5.41) is 14.6. The summed E-state index contributed by atoms with van der Waals surface area (Å²) < 4.78 is 1.80. The van der Waals surface area contributed by atoms with Gasteiger partial charge < -0.3 is 9.80 Å². The van der Waals surface area contributed by atoms with Gasteiger partial charge in [-0.15, -0.1) is 0 Å². The normalized spacial score (nSPS) is 25.1. The van der Waals surface area contributed by atoms with E-state index in [2.05, 4.69) is 25.0 Å². The number of amides is 2. The summed E-state index contributed by atoms with van der Waals surface area (Å²) in [4.78, 5) is 29.4. The summed E-state index contributed by atoms with van der Waals surface area (Å²) >= 11 is 0. The van der Waals surface area contributed by atoms with E-state index in [-0.39, 0.29) is 41.5 Å². The molecule has 1 aromatic heterocycles. The first-order valence-electron chi connectivity index (χ1n) is 10.1. The van der Waals surface area contributed by atoms with Crippen LogP contribution in [0, 0.1) is 28.6 Å². The third-order valence-electron chi connectivity index (χ3n) is 6.49. The van der Waals surface area contributed by atoms with Gasteiger partial charge in [0, 0.05) is 38.0 Å². The molecule has 4 rings (SSSR count). The zero-order valence-electron chi connectivity index (χ0n) is 17.4. The number of aromatic nitrogens is 2. The maximum Gasteiger partial charge on any atom is 0.228 e. The molecule has 3 atom stereocenters. The van der Waals surface area contributed by atoms with Crippen LogP contribution in [0.5, 0.6) is 0 Å². The molecule has 0 spiro atoms. The van der Waals surface area contributed by atoms with E-state index in [4.69, 9.17) is 5.26 Å². The van der Waals surface area contributed by atoms with E-state index in [1.165, 1.54) is 0 Å². The first-order valence-corrected chi connectivity index (χ1v) is 10.1. The minimum atomic E-state index is -0.205. The molecule has 7 nitrogen and oxygen atoms in total. The molecule has 1 saturated carbocycles. The van der Waals surface area contributed by atoms with E-state index in [0.29, 0.717) is 19.5 Å². The number of benzene rings is 1. The SMILES string of the molecule is CN(C(=O)Cc1nn(C)c2ccccc12)C1CN(C(=O)[C@@H]2C[C@H]2C#N)CC1(C)C. The van der Waals surface area contributed by atoms with Crippen molar-refractivity contribution in [3.63, 3.8) is 0 Å². The molecule has 7 heteroatoms. The predicted molar refractivity (Wildman–Crippen MR) is 109 cm³/mol. The van der Waals surface area contributed by atoms with Crippen LogP contribution in [0.1, 0.15) is 26.0 Å². The second-order valence-corrected chi connectivity index (χ2v) is 9.07. The average molecular weight is 393 g/mol. The van der Waals surface area contributed by atoms with Gasteiger partial charge >= 0.3 is 0 Å². The molecule has 2 aliphatic rings. The fourth-order valence-corrected chi connectivity index (χ4v) is 4.64. The van der Waals surface area contributed by atoms with Crippen LogP contribution in [-0.4, -0.2) is 57.6 Å². The van der Waals surface area contributed by atoms with Crippen LogP contribution in [0.15, 0.2) is 24.3 Å². The van der Waals surface area contributed by atoms with E-state index in [1.807, 2.05) is 43.3 Å². The average Bonchev–Trinajstić information content (AvgIpc) is 3.33. The quantitative estimate of drug-likeness (QED) is 0.795. The van der Waals surface area contributed by atoms with E-state index in [0.717, 1.165) is 16.6 Å². The summed E-state index contributed by atoms with van der Waals surface area (Å²) in [5.74, 6) is -0.233. The molecule has 2 aromatic rings. The summed E-state index contributed by atoms with van der Waals surface area (Å²) in [5.41, 5.74) is 1.58. The molecule has 2 amide bonds. The summed E-state index contributed by atoms with van der Waals surface area (Å²) in [6.07, 6.45) is 0.899. The topological polar surface area (TPSA) is 82.2 Å². The van der Waals surface area contributed by atoms with Gasteiger partial charge in [-0.05, 0) is 12.5 Å². The molecule has 0 N–H and O–H groups in total. The van der Waals surface area contributed by atoms with Crippen LogP contribution < -0.4 is 0 Å². The number of para-hydroxylation sites is 1. The smallest absolute Gasteiger partial charge is 0.228 e. The standard InChI is InChI=1S/C22H27N5O2/c1-22(2)13-27(21(29)16-9-14(16)11-23)12-19(22)25(3)20(28)10-17-15-7-5-6-8-18(15)26(4)24-17/h5-8,14,16,19H,9-10,12-13H2,1-4H3/t14-,16+,19?/m0/s1. The lowest BCUT2D eigenvalue weighted by atomic mass is 9.87. The number of nitrogens with zero attached hydrogens (tertiary/aromatic N) is 5. The number of carbonyl (C=O) groups excluding carboxylic acids is 2. The summed E-state index contributed by atoms with van der Waals surface area (Å²) in [6.45, 7) is 5.32. The highest BCUT2D eigenvalue weighted by Gasteiger charge is 2.50. The highest BCUT2D eigenvalue weighted by molar-refractivity contribution is 5.88. The second-order valence-electron chi connectivity index (χ2n) is 9.07. The zero-order chi connectivity index (χ0) is 20.9. The molecule has 1 aromatic carbocycles. The third-order valence-corrected chi connectivity index (χ3v) is 6.49. The molecule has 1 aliphatic heterocycles. The monoisotopic (exact) mass is 393 g/mol. The molecule has 0 bridgehead atoms. The van der Waals surface area contributed by atoms with Gasteiger partial charge in [0.25, 0.3) is 0 Å². The van der Waals surface area contributed by atoms with Gasteiger partial charge in [-0.1, -0.05) is 32.0 Å². The molecule has 0 radical (unpaired) electrons. The Morgan fingerprint density at radius 3 is 2.76 bits per heavy atom. The van der Waals surface area contributed by atoms with Gasteiger partial charge in [0.15, 0.2) is 0 Å². The molecule has 2 fully saturated rings. The fraction of sp³-hybridized carbons (Fsp3) is 0.545. The Hall–Kier alpha value is -2.88. The Bertz CT molecular complexity index is 1020. The Morgan fingerprint density at radius 1 is 1.34 bits per heavy atom. The van der Waals surface area contributed by atoms with Crippen LogP contribution in [-0.2, 0) is 23.1 Å². The Kier molecular flexibility index (Phi) is 4.60. The van der Waals surface area contributed by atoms with Crippen LogP contribution in [0.3, 0.4) is 0 Å². The van der Waals surface area contributed by atoms with Gasteiger partial charge in [-0.2, -0.15) is 10.4 Å². The van der Waals surface area contributed by atoms with E-state index in [1.54, 1.807) is 9.58 Å². The Morgan fingerprint density at radius 2 is 2.07 bits per heavy atom. The van der Waals surface area contributed by atoms with E-state index in [9.17, 15) is 9.59 Å². The minimum Gasteiger partial charge on any atom is -0.340 e. The van der Waals surface area contributed by atoms with Crippen LogP contribution >= 0.6 is 0 Å². The molecule has 1 saturated heterocycles. The van der Waals surface area contributed by atoms with Crippen molar-refractivity contribution in [2.75, 3.05) is 20.1 Å². The molecule has 29 heavy (non-hydrogen) atoms. The lowest BCUT2D eigenvalue weighted by Crippen LogP contribution is -2.46. The number of rotatable bonds is 4. The number of hydrogen-bond donors (Lipinski definition) is 0. The van der Waals surface area contributed by atoms with Crippen molar-refractivity contribution < 1.29 is 9.59 Å². The number of fused-ring (bicyclic) bond motifs is 1. The fourth-order valence-electron chi connectivity index (χ4n) is 4.64. The minimum absolute atomic E-state index is 0.00236. The highest BCUT2D eigenvalue weighted by atomic mass is 16.2. The number of hydrogen-bond acceptors (Lipinski definition) is 4. The number of carbonyl (C=O) groups is 2. The number of nitriles is 1.